The Bertz CT molecular complexity index is 802. The van der Waals surface area contributed by atoms with E-state index < -0.39 is 0 Å². The summed E-state index contributed by atoms with van der Waals surface area (Å²) in [6, 6.07) is 24.8. The first-order valence-electron chi connectivity index (χ1n) is 10.0. The molecule has 156 valence electrons. The minimum atomic E-state index is -0.0199. The third kappa shape index (κ3) is 8.87. The van der Waals surface area contributed by atoms with Crippen molar-refractivity contribution in [3.8, 4) is 11.5 Å². The Morgan fingerprint density at radius 2 is 1.03 bits per heavy atom. The molecule has 0 amide bonds. The standard InChI is InChI=1S/C14H22O.C7H8.C6H6O/c1-13(2,3)10-8-7-9-11(15)12(10)14(4,5)6;1-7-5-3-2-4-6-7;7-6-4-2-1-3-5-6/h7-9,15H,1-6H3;2-6H,1H3;1-5,7H. The average Bonchev–Trinajstić information content (AvgIpc) is 2.62. The number of hydrogen-bond donors (Lipinski definition) is 2. The van der Waals surface area contributed by atoms with Gasteiger partial charge in [-0.05, 0) is 41.5 Å². The van der Waals surface area contributed by atoms with Gasteiger partial charge in [-0.15, -0.1) is 0 Å². The smallest absolute Gasteiger partial charge is 0.119 e. The molecule has 3 rings (SSSR count). The molecule has 0 aliphatic heterocycles. The molecule has 2 N–H and O–H groups in total. The Labute approximate surface area is 176 Å². The summed E-state index contributed by atoms with van der Waals surface area (Å²) in [7, 11) is 0. The van der Waals surface area contributed by atoms with Crippen LogP contribution < -0.4 is 0 Å². The van der Waals surface area contributed by atoms with Crippen molar-refractivity contribution in [2.24, 2.45) is 0 Å². The molecule has 0 heterocycles. The van der Waals surface area contributed by atoms with Crippen molar-refractivity contribution in [2.75, 3.05) is 0 Å². The molecule has 0 fully saturated rings. The van der Waals surface area contributed by atoms with Crippen LogP contribution in [0.3, 0.4) is 0 Å². The van der Waals surface area contributed by atoms with E-state index in [2.05, 4.69) is 66.7 Å². The highest BCUT2D eigenvalue weighted by atomic mass is 16.3. The van der Waals surface area contributed by atoms with Crippen LogP contribution in [0.1, 0.15) is 58.2 Å². The molecule has 2 heteroatoms. The molecule has 0 radical (unpaired) electrons. The number of rotatable bonds is 0. The largest absolute Gasteiger partial charge is 0.508 e. The summed E-state index contributed by atoms with van der Waals surface area (Å²) in [4.78, 5) is 0. The fourth-order valence-corrected chi connectivity index (χ4v) is 2.92. The molecule has 3 aromatic carbocycles. The predicted octanol–water partition coefficient (Wildman–Crippen LogP) is 7.37. The summed E-state index contributed by atoms with van der Waals surface area (Å²) in [5.41, 5.74) is 3.67. The highest BCUT2D eigenvalue weighted by molar-refractivity contribution is 5.46. The predicted molar refractivity (Wildman–Crippen MR) is 125 cm³/mol. The monoisotopic (exact) mass is 392 g/mol. The van der Waals surface area contributed by atoms with E-state index in [0.29, 0.717) is 11.5 Å². The Kier molecular flexibility index (Phi) is 8.97. The molecule has 29 heavy (non-hydrogen) atoms. The van der Waals surface area contributed by atoms with Crippen molar-refractivity contribution in [3.63, 3.8) is 0 Å². The van der Waals surface area contributed by atoms with E-state index in [1.165, 1.54) is 11.1 Å². The fourth-order valence-electron chi connectivity index (χ4n) is 2.92. The van der Waals surface area contributed by atoms with E-state index in [1.807, 2.05) is 30.3 Å². The van der Waals surface area contributed by atoms with E-state index in [-0.39, 0.29) is 10.8 Å². The van der Waals surface area contributed by atoms with Gasteiger partial charge in [0.1, 0.15) is 11.5 Å². The Balaban J connectivity index is 0.000000248. The van der Waals surface area contributed by atoms with Crippen LogP contribution in [0.4, 0.5) is 0 Å². The molecule has 0 aromatic heterocycles. The molecule has 0 aliphatic carbocycles. The molecule has 2 nitrogen and oxygen atoms in total. The second-order valence-electron chi connectivity index (χ2n) is 9.19. The lowest BCUT2D eigenvalue weighted by Crippen LogP contribution is -2.21. The lowest BCUT2D eigenvalue weighted by Gasteiger charge is -2.30. The van der Waals surface area contributed by atoms with Crippen LogP contribution in [-0.4, -0.2) is 10.2 Å². The summed E-state index contributed by atoms with van der Waals surface area (Å²) in [6.07, 6.45) is 0. The molecular formula is C27H36O2. The van der Waals surface area contributed by atoms with E-state index in [1.54, 1.807) is 30.3 Å². The maximum atomic E-state index is 9.99. The molecule has 0 atom stereocenters. The summed E-state index contributed by atoms with van der Waals surface area (Å²) >= 11 is 0. The van der Waals surface area contributed by atoms with Gasteiger partial charge in [0.15, 0.2) is 0 Å². The molecule has 0 unspecified atom stereocenters. The second kappa shape index (κ2) is 10.7. The van der Waals surface area contributed by atoms with Crippen LogP contribution in [-0.2, 0) is 10.8 Å². The van der Waals surface area contributed by atoms with Gasteiger partial charge in [-0.3, -0.25) is 0 Å². The molecule has 0 bridgehead atoms. The van der Waals surface area contributed by atoms with Crippen molar-refractivity contribution in [1.82, 2.24) is 0 Å². The van der Waals surface area contributed by atoms with Gasteiger partial charge >= 0.3 is 0 Å². The van der Waals surface area contributed by atoms with Gasteiger partial charge in [0.05, 0.1) is 0 Å². The minimum Gasteiger partial charge on any atom is -0.508 e. The van der Waals surface area contributed by atoms with Crippen LogP contribution in [0.25, 0.3) is 0 Å². The van der Waals surface area contributed by atoms with Crippen LogP contribution in [0.5, 0.6) is 11.5 Å². The third-order valence-electron chi connectivity index (χ3n) is 4.30. The molecular weight excluding hydrogens is 356 g/mol. The van der Waals surface area contributed by atoms with Crippen LogP contribution in [0, 0.1) is 6.92 Å². The summed E-state index contributed by atoms with van der Waals surface area (Å²) in [5.74, 6) is 0.734. The first-order chi connectivity index (χ1) is 13.4. The Morgan fingerprint density at radius 3 is 1.31 bits per heavy atom. The van der Waals surface area contributed by atoms with E-state index in [0.717, 1.165) is 5.56 Å². The zero-order chi connectivity index (χ0) is 22.1. The molecule has 0 saturated heterocycles. The molecule has 0 spiro atoms. The minimum absolute atomic E-state index is 0.0199. The number of aryl methyl sites for hydroxylation is 1. The van der Waals surface area contributed by atoms with Gasteiger partial charge in [0, 0.05) is 5.56 Å². The normalized spacial score (nSPS) is 10.9. The number of phenolic OH excluding ortho intramolecular Hbond substituents is 2. The zero-order valence-electron chi connectivity index (χ0n) is 18.9. The number of phenols is 2. The van der Waals surface area contributed by atoms with Gasteiger partial charge in [-0.2, -0.15) is 0 Å². The topological polar surface area (TPSA) is 40.5 Å². The number of aromatic hydroxyl groups is 2. The number of benzene rings is 3. The summed E-state index contributed by atoms with van der Waals surface area (Å²) in [6.45, 7) is 15.0. The maximum absolute atomic E-state index is 9.99. The molecule has 0 aliphatic rings. The van der Waals surface area contributed by atoms with Crippen molar-refractivity contribution >= 4 is 0 Å². The van der Waals surface area contributed by atoms with Crippen LogP contribution in [0.15, 0.2) is 78.9 Å². The van der Waals surface area contributed by atoms with Crippen LogP contribution in [0.2, 0.25) is 0 Å². The van der Waals surface area contributed by atoms with Crippen molar-refractivity contribution in [2.45, 2.75) is 59.3 Å². The average molecular weight is 393 g/mol. The van der Waals surface area contributed by atoms with Gasteiger partial charge in [0.2, 0.25) is 0 Å². The fraction of sp³-hybridized carbons (Fsp3) is 0.333. The second-order valence-corrected chi connectivity index (χ2v) is 9.19. The molecule has 0 saturated carbocycles. The highest BCUT2D eigenvalue weighted by Crippen LogP contribution is 2.38. The highest BCUT2D eigenvalue weighted by Gasteiger charge is 2.27. The SMILES string of the molecule is CC(C)(C)c1cccc(O)c1C(C)(C)C.Cc1ccccc1.Oc1ccccc1. The molecule has 3 aromatic rings. The van der Waals surface area contributed by atoms with Crippen molar-refractivity contribution in [3.05, 3.63) is 95.6 Å². The van der Waals surface area contributed by atoms with E-state index in [9.17, 15) is 5.11 Å². The number of para-hydroxylation sites is 1. The first-order valence-corrected chi connectivity index (χ1v) is 10.0. The van der Waals surface area contributed by atoms with Gasteiger partial charge < -0.3 is 10.2 Å². The van der Waals surface area contributed by atoms with Gasteiger partial charge in [-0.25, -0.2) is 0 Å². The van der Waals surface area contributed by atoms with Crippen molar-refractivity contribution < 1.29 is 10.2 Å². The summed E-state index contributed by atoms with van der Waals surface area (Å²) < 4.78 is 0. The van der Waals surface area contributed by atoms with E-state index in [4.69, 9.17) is 5.11 Å². The number of hydrogen-bond acceptors (Lipinski definition) is 2. The van der Waals surface area contributed by atoms with Crippen molar-refractivity contribution in [1.29, 1.82) is 0 Å². The third-order valence-corrected chi connectivity index (χ3v) is 4.30. The Hall–Kier alpha value is -2.74. The van der Waals surface area contributed by atoms with Gasteiger partial charge in [-0.1, -0.05) is 108 Å². The van der Waals surface area contributed by atoms with E-state index >= 15 is 0 Å². The summed E-state index contributed by atoms with van der Waals surface area (Å²) in [5, 5.41) is 18.6. The Morgan fingerprint density at radius 1 is 0.552 bits per heavy atom. The first kappa shape index (κ1) is 24.3. The van der Waals surface area contributed by atoms with Gasteiger partial charge in [0.25, 0.3) is 0 Å². The zero-order valence-corrected chi connectivity index (χ0v) is 18.9. The van der Waals surface area contributed by atoms with Crippen LogP contribution >= 0.6 is 0 Å². The lowest BCUT2D eigenvalue weighted by atomic mass is 9.75. The lowest BCUT2D eigenvalue weighted by molar-refractivity contribution is 0.435. The quantitative estimate of drug-likeness (QED) is 0.419. The maximum Gasteiger partial charge on any atom is 0.119 e.